The van der Waals surface area contributed by atoms with E-state index in [9.17, 15) is 14.9 Å². The third-order valence-electron chi connectivity index (χ3n) is 3.29. The highest BCUT2D eigenvalue weighted by Gasteiger charge is 2.25. The zero-order valence-corrected chi connectivity index (χ0v) is 14.5. The molecule has 2 aromatic heterocycles. The molecule has 5 nitrogen and oxygen atoms in total. The van der Waals surface area contributed by atoms with Crippen LogP contribution < -0.4 is 5.63 Å². The Kier molecular flexibility index (Phi) is 4.69. The molecule has 0 radical (unpaired) electrons. The number of nitrogens with zero attached hydrogens (tertiary/aromatic N) is 2. The number of benzene rings is 1. The number of hydrogen-bond donors (Lipinski definition) is 0. The molecule has 0 spiro atoms. The van der Waals surface area contributed by atoms with Crippen molar-refractivity contribution in [1.29, 1.82) is 5.26 Å². The average molecular weight is 401 g/mol. The molecule has 0 aliphatic carbocycles. The molecule has 1 aromatic carbocycles. The lowest BCUT2D eigenvalue weighted by atomic mass is 10.0. The second kappa shape index (κ2) is 6.91. The fraction of sp³-hybridized carbons (Fsp3) is 0.0588. The van der Waals surface area contributed by atoms with E-state index in [-0.39, 0.29) is 5.56 Å². The summed E-state index contributed by atoms with van der Waals surface area (Å²) >= 11 is 4.62. The van der Waals surface area contributed by atoms with E-state index in [0.29, 0.717) is 10.7 Å². The van der Waals surface area contributed by atoms with Crippen LogP contribution in [0.5, 0.6) is 0 Å². The summed E-state index contributed by atoms with van der Waals surface area (Å²) in [4.78, 5) is 27.8. The van der Waals surface area contributed by atoms with Crippen molar-refractivity contribution in [3.8, 4) is 17.3 Å². The molecule has 0 aliphatic rings. The van der Waals surface area contributed by atoms with Crippen LogP contribution in [-0.2, 0) is 0 Å². The van der Waals surface area contributed by atoms with Gasteiger partial charge in [-0.15, -0.1) is 11.3 Å². The first-order valence-electron chi connectivity index (χ1n) is 6.82. The largest absolute Gasteiger partial charge is 0.431 e. The van der Waals surface area contributed by atoms with Gasteiger partial charge >= 0.3 is 5.63 Å². The molecule has 7 heteroatoms. The Balaban J connectivity index is 1.90. The van der Waals surface area contributed by atoms with Crippen molar-refractivity contribution in [2.45, 2.75) is 5.92 Å². The van der Waals surface area contributed by atoms with Gasteiger partial charge in [0.2, 0.25) is 0 Å². The van der Waals surface area contributed by atoms with Crippen molar-refractivity contribution < 1.29 is 9.21 Å². The molecule has 24 heavy (non-hydrogen) atoms. The summed E-state index contributed by atoms with van der Waals surface area (Å²) in [6.07, 6.45) is 1.07. The standard InChI is InChI=1S/C17H9BrN2O3S/c18-12-4-1-10(2-5-12)14-9-24-17(20-14)13(7-19)16(22)11-3-6-15(21)23-8-11/h1-6,8-9,13H. The van der Waals surface area contributed by atoms with Crippen LogP contribution in [-0.4, -0.2) is 10.8 Å². The molecular weight excluding hydrogens is 392 g/mol. The number of Topliss-reactive ketones (excluding diaryl/α,β-unsaturated/α-hetero) is 1. The van der Waals surface area contributed by atoms with Crippen LogP contribution in [0.25, 0.3) is 11.3 Å². The third kappa shape index (κ3) is 3.35. The summed E-state index contributed by atoms with van der Waals surface area (Å²) in [7, 11) is 0. The Morgan fingerprint density at radius 2 is 2.00 bits per heavy atom. The first-order chi connectivity index (χ1) is 11.6. The van der Waals surface area contributed by atoms with Crippen LogP contribution >= 0.6 is 27.3 Å². The first kappa shape index (κ1) is 16.3. The summed E-state index contributed by atoms with van der Waals surface area (Å²) < 4.78 is 5.64. The van der Waals surface area contributed by atoms with Gasteiger partial charge in [-0.25, -0.2) is 9.78 Å². The van der Waals surface area contributed by atoms with Gasteiger partial charge in [0.1, 0.15) is 11.3 Å². The third-order valence-corrected chi connectivity index (χ3v) is 4.72. The number of rotatable bonds is 4. The summed E-state index contributed by atoms with van der Waals surface area (Å²) in [5, 5.41) is 11.6. The predicted molar refractivity (Wildman–Crippen MR) is 92.9 cm³/mol. The Morgan fingerprint density at radius 3 is 2.62 bits per heavy atom. The van der Waals surface area contributed by atoms with Crippen molar-refractivity contribution in [3.05, 3.63) is 73.5 Å². The molecule has 1 atom stereocenters. The number of halogens is 1. The van der Waals surface area contributed by atoms with Crippen LogP contribution in [0.4, 0.5) is 0 Å². The van der Waals surface area contributed by atoms with Crippen molar-refractivity contribution in [1.82, 2.24) is 4.98 Å². The second-order valence-electron chi connectivity index (χ2n) is 4.85. The van der Waals surface area contributed by atoms with E-state index in [1.54, 1.807) is 5.38 Å². The molecule has 0 aliphatic heterocycles. The zero-order valence-electron chi connectivity index (χ0n) is 12.1. The highest BCUT2D eigenvalue weighted by molar-refractivity contribution is 9.10. The average Bonchev–Trinajstić information content (AvgIpc) is 3.06. The maximum Gasteiger partial charge on any atom is 0.335 e. The molecule has 0 fully saturated rings. The fourth-order valence-electron chi connectivity index (χ4n) is 2.06. The van der Waals surface area contributed by atoms with Crippen LogP contribution in [0.1, 0.15) is 21.3 Å². The smallest absolute Gasteiger partial charge is 0.335 e. The highest BCUT2D eigenvalue weighted by Crippen LogP contribution is 2.29. The van der Waals surface area contributed by atoms with Gasteiger partial charge in [-0.3, -0.25) is 4.79 Å². The van der Waals surface area contributed by atoms with E-state index in [4.69, 9.17) is 0 Å². The SMILES string of the molecule is N#CC(C(=O)c1ccc(=O)oc1)c1nc(-c2ccc(Br)cc2)cs1. The van der Waals surface area contributed by atoms with Gasteiger partial charge in [0, 0.05) is 21.5 Å². The second-order valence-corrected chi connectivity index (χ2v) is 6.65. The quantitative estimate of drug-likeness (QED) is 0.617. The Labute approximate surface area is 149 Å². The summed E-state index contributed by atoms with van der Waals surface area (Å²) in [6.45, 7) is 0. The van der Waals surface area contributed by atoms with Gasteiger partial charge < -0.3 is 4.42 Å². The first-order valence-corrected chi connectivity index (χ1v) is 8.50. The van der Waals surface area contributed by atoms with E-state index >= 15 is 0 Å². The monoisotopic (exact) mass is 400 g/mol. The molecule has 0 bridgehead atoms. The number of carbonyl (C=O) groups excluding carboxylic acids is 1. The molecule has 0 saturated heterocycles. The van der Waals surface area contributed by atoms with Crippen LogP contribution in [0.2, 0.25) is 0 Å². The van der Waals surface area contributed by atoms with E-state index in [1.165, 1.54) is 17.4 Å². The molecule has 0 saturated carbocycles. The summed E-state index contributed by atoms with van der Waals surface area (Å²) in [6, 6.07) is 12.1. The molecule has 0 amide bonds. The Morgan fingerprint density at radius 1 is 1.25 bits per heavy atom. The molecule has 3 rings (SSSR count). The van der Waals surface area contributed by atoms with E-state index in [1.807, 2.05) is 30.3 Å². The number of thiazole rings is 1. The highest BCUT2D eigenvalue weighted by atomic mass is 79.9. The van der Waals surface area contributed by atoms with Gasteiger partial charge in [-0.2, -0.15) is 5.26 Å². The van der Waals surface area contributed by atoms with E-state index in [0.717, 1.165) is 22.4 Å². The maximum atomic E-state index is 12.5. The minimum Gasteiger partial charge on any atom is -0.431 e. The molecule has 1 unspecified atom stereocenters. The minimum atomic E-state index is -1.04. The lowest BCUT2D eigenvalue weighted by molar-refractivity contribution is 0.0976. The van der Waals surface area contributed by atoms with E-state index in [2.05, 4.69) is 25.3 Å². The zero-order chi connectivity index (χ0) is 17.1. The van der Waals surface area contributed by atoms with Gasteiger partial charge in [0.15, 0.2) is 11.7 Å². The van der Waals surface area contributed by atoms with Gasteiger partial charge in [-0.05, 0) is 18.2 Å². The van der Waals surface area contributed by atoms with Crippen LogP contribution in [0.15, 0.2) is 61.7 Å². The molecule has 0 N–H and O–H groups in total. The number of ketones is 1. The van der Waals surface area contributed by atoms with Crippen molar-refractivity contribution >= 4 is 33.0 Å². The summed E-state index contributed by atoms with van der Waals surface area (Å²) in [5.74, 6) is -1.48. The number of aromatic nitrogens is 1. The van der Waals surface area contributed by atoms with Crippen molar-refractivity contribution in [3.63, 3.8) is 0 Å². The minimum absolute atomic E-state index is 0.168. The van der Waals surface area contributed by atoms with Gasteiger partial charge in [-0.1, -0.05) is 28.1 Å². The fourth-order valence-corrected chi connectivity index (χ4v) is 3.20. The molecular formula is C17H9BrN2O3S. The normalized spacial score (nSPS) is 11.7. The number of nitriles is 1. The summed E-state index contributed by atoms with van der Waals surface area (Å²) in [5.41, 5.74) is 1.22. The van der Waals surface area contributed by atoms with Gasteiger partial charge in [0.05, 0.1) is 17.3 Å². The molecule has 2 heterocycles. The maximum absolute atomic E-state index is 12.5. The van der Waals surface area contributed by atoms with Crippen molar-refractivity contribution in [2.24, 2.45) is 0 Å². The molecule has 118 valence electrons. The lowest BCUT2D eigenvalue weighted by Crippen LogP contribution is -2.12. The Bertz CT molecular complexity index is 966. The van der Waals surface area contributed by atoms with Crippen LogP contribution in [0, 0.1) is 11.3 Å². The Hall–Kier alpha value is -2.56. The van der Waals surface area contributed by atoms with E-state index < -0.39 is 17.3 Å². The van der Waals surface area contributed by atoms with Crippen LogP contribution in [0.3, 0.4) is 0 Å². The predicted octanol–water partition coefficient (Wildman–Crippen LogP) is 4.02. The number of carbonyl (C=O) groups is 1. The number of hydrogen-bond acceptors (Lipinski definition) is 6. The molecule has 3 aromatic rings. The lowest BCUT2D eigenvalue weighted by Gasteiger charge is -2.04. The van der Waals surface area contributed by atoms with Crippen molar-refractivity contribution in [2.75, 3.05) is 0 Å². The topological polar surface area (TPSA) is 84.0 Å². The van der Waals surface area contributed by atoms with Gasteiger partial charge in [0.25, 0.3) is 0 Å².